The molecular weight excluding hydrogens is 375 g/mol. The summed E-state index contributed by atoms with van der Waals surface area (Å²) in [6.07, 6.45) is 5.10. The summed E-state index contributed by atoms with van der Waals surface area (Å²) in [6.45, 7) is 0. The first-order valence-electron chi connectivity index (χ1n) is 8.24. The van der Waals surface area contributed by atoms with Crippen LogP contribution in [-0.4, -0.2) is 12.0 Å². The summed E-state index contributed by atoms with van der Waals surface area (Å²) >= 11 is 12.5. The number of anilines is 1. The van der Waals surface area contributed by atoms with Crippen LogP contribution in [0.3, 0.4) is 0 Å². The van der Waals surface area contributed by atoms with Crippen molar-refractivity contribution in [2.75, 3.05) is 12.4 Å². The van der Waals surface area contributed by atoms with E-state index >= 15 is 0 Å². The number of allylic oxidation sites excluding steroid dienone is 2. The predicted octanol–water partition coefficient (Wildman–Crippen LogP) is 5.74. The van der Waals surface area contributed by atoms with E-state index in [4.69, 9.17) is 27.9 Å². The Morgan fingerprint density at radius 3 is 2.73 bits per heavy atom. The maximum atomic E-state index is 11.3. The largest absolute Gasteiger partial charge is 0.494 e. The van der Waals surface area contributed by atoms with Crippen molar-refractivity contribution < 1.29 is 9.66 Å². The lowest BCUT2D eigenvalue weighted by Gasteiger charge is -2.38. The smallest absolute Gasteiger partial charge is 0.273 e. The zero-order valence-corrected chi connectivity index (χ0v) is 15.4. The number of nitro benzene ring substituents is 1. The van der Waals surface area contributed by atoms with Gasteiger partial charge in [-0.05, 0) is 35.6 Å². The van der Waals surface area contributed by atoms with Crippen LogP contribution in [0.2, 0.25) is 10.0 Å². The number of fused-ring (bicyclic) bond motifs is 3. The van der Waals surface area contributed by atoms with Crippen molar-refractivity contribution in [1.82, 2.24) is 0 Å². The highest BCUT2D eigenvalue weighted by Crippen LogP contribution is 2.54. The molecule has 1 aliphatic heterocycles. The second-order valence-corrected chi connectivity index (χ2v) is 7.35. The fourth-order valence-corrected chi connectivity index (χ4v) is 4.51. The van der Waals surface area contributed by atoms with Crippen LogP contribution in [0.25, 0.3) is 0 Å². The minimum Gasteiger partial charge on any atom is -0.494 e. The number of ether oxygens (including phenoxy) is 1. The number of nitrogens with one attached hydrogen (secondary N) is 1. The van der Waals surface area contributed by atoms with Gasteiger partial charge in [-0.3, -0.25) is 10.1 Å². The molecule has 5 nitrogen and oxygen atoms in total. The zero-order chi connectivity index (χ0) is 18.4. The molecule has 4 rings (SSSR count). The number of hydrogen-bond donors (Lipinski definition) is 1. The number of methoxy groups -OCH3 is 1. The lowest BCUT2D eigenvalue weighted by Crippen LogP contribution is -2.29. The standard InChI is InChI=1S/C19H16Cl2N2O3/c1-26-17-9-11(23(24)25)8-15-12-3-2-4-13(12)18(22-19(15)17)14-6-5-10(20)7-16(14)21/h2-3,5-9,12-13,18,22H,4H2,1H3/t12-,13-,18-/m0/s1. The number of benzene rings is 2. The van der Waals surface area contributed by atoms with Crippen molar-refractivity contribution in [2.24, 2.45) is 5.92 Å². The van der Waals surface area contributed by atoms with Crippen molar-refractivity contribution in [2.45, 2.75) is 18.4 Å². The Bertz CT molecular complexity index is 929. The fourth-order valence-electron chi connectivity index (χ4n) is 3.98. The molecule has 0 aromatic heterocycles. The van der Waals surface area contributed by atoms with Crippen molar-refractivity contribution in [1.29, 1.82) is 0 Å². The van der Waals surface area contributed by atoms with Crippen molar-refractivity contribution in [3.63, 3.8) is 0 Å². The first-order valence-corrected chi connectivity index (χ1v) is 8.99. The molecule has 0 radical (unpaired) electrons. The zero-order valence-electron chi connectivity index (χ0n) is 13.9. The molecule has 1 heterocycles. The summed E-state index contributed by atoms with van der Waals surface area (Å²) in [5.41, 5.74) is 2.66. The van der Waals surface area contributed by atoms with E-state index in [0.717, 1.165) is 23.2 Å². The van der Waals surface area contributed by atoms with E-state index < -0.39 is 4.92 Å². The molecule has 134 valence electrons. The van der Waals surface area contributed by atoms with Gasteiger partial charge in [-0.2, -0.15) is 0 Å². The van der Waals surface area contributed by atoms with Gasteiger partial charge in [0.25, 0.3) is 5.69 Å². The maximum absolute atomic E-state index is 11.3. The first kappa shape index (κ1) is 17.2. The highest BCUT2D eigenvalue weighted by molar-refractivity contribution is 6.35. The Labute approximate surface area is 160 Å². The third-order valence-electron chi connectivity index (χ3n) is 5.15. The number of hydrogen-bond acceptors (Lipinski definition) is 4. The molecule has 0 amide bonds. The quantitative estimate of drug-likeness (QED) is 0.412. The second-order valence-electron chi connectivity index (χ2n) is 6.51. The van der Waals surface area contributed by atoms with Gasteiger partial charge in [0.15, 0.2) is 0 Å². The normalized spacial score (nSPS) is 23.1. The summed E-state index contributed by atoms with van der Waals surface area (Å²) < 4.78 is 5.44. The van der Waals surface area contributed by atoms with E-state index in [1.165, 1.54) is 13.2 Å². The highest BCUT2D eigenvalue weighted by Gasteiger charge is 2.40. The van der Waals surface area contributed by atoms with Crippen LogP contribution in [0, 0.1) is 16.0 Å². The lowest BCUT2D eigenvalue weighted by molar-refractivity contribution is -0.385. The third kappa shape index (κ3) is 2.72. The minimum absolute atomic E-state index is 0.0319. The summed E-state index contributed by atoms with van der Waals surface area (Å²) in [6, 6.07) is 8.54. The van der Waals surface area contributed by atoms with E-state index in [9.17, 15) is 10.1 Å². The predicted molar refractivity (Wildman–Crippen MR) is 102 cm³/mol. The molecule has 0 bridgehead atoms. The Morgan fingerprint density at radius 1 is 1.23 bits per heavy atom. The molecule has 1 N–H and O–H groups in total. The Balaban J connectivity index is 1.86. The number of nitrogens with zero attached hydrogens (tertiary/aromatic N) is 1. The van der Waals surface area contributed by atoms with E-state index in [2.05, 4.69) is 17.5 Å². The van der Waals surface area contributed by atoms with Crippen LogP contribution in [0.15, 0.2) is 42.5 Å². The molecule has 2 aromatic rings. The van der Waals surface area contributed by atoms with Crippen LogP contribution >= 0.6 is 23.2 Å². The molecule has 2 aromatic carbocycles. The summed E-state index contributed by atoms with van der Waals surface area (Å²) in [5.74, 6) is 0.743. The molecule has 2 aliphatic rings. The van der Waals surface area contributed by atoms with Gasteiger partial charge in [-0.1, -0.05) is 41.4 Å². The van der Waals surface area contributed by atoms with Gasteiger partial charge in [0, 0.05) is 22.0 Å². The maximum Gasteiger partial charge on any atom is 0.273 e. The molecule has 3 atom stereocenters. The molecule has 0 unspecified atom stereocenters. The van der Waals surface area contributed by atoms with Gasteiger partial charge in [-0.25, -0.2) is 0 Å². The molecule has 0 fully saturated rings. The molecule has 7 heteroatoms. The van der Waals surface area contributed by atoms with Crippen molar-refractivity contribution in [3.05, 3.63) is 73.8 Å². The number of halogens is 2. The number of nitro groups is 1. The summed E-state index contributed by atoms with van der Waals surface area (Å²) in [7, 11) is 1.52. The SMILES string of the molecule is COc1cc([N+](=O)[O-])cc2c1N[C@H](c1ccc(Cl)cc1Cl)[C@H]1CC=C[C@H]21. The topological polar surface area (TPSA) is 64.4 Å². The molecule has 0 saturated heterocycles. The molecule has 0 spiro atoms. The van der Waals surface area contributed by atoms with E-state index in [-0.39, 0.29) is 23.6 Å². The number of rotatable bonds is 3. The van der Waals surface area contributed by atoms with Gasteiger partial charge >= 0.3 is 0 Å². The Hall–Kier alpha value is -2.24. The van der Waals surface area contributed by atoms with E-state index in [0.29, 0.717) is 15.8 Å². The fraction of sp³-hybridized carbons (Fsp3) is 0.263. The minimum atomic E-state index is -0.390. The van der Waals surface area contributed by atoms with Gasteiger partial charge in [0.2, 0.25) is 0 Å². The van der Waals surface area contributed by atoms with Crippen molar-refractivity contribution in [3.8, 4) is 5.75 Å². The second kappa shape index (κ2) is 6.49. The van der Waals surface area contributed by atoms with Crippen molar-refractivity contribution >= 4 is 34.6 Å². The summed E-state index contributed by atoms with van der Waals surface area (Å²) in [5, 5.41) is 16.0. The monoisotopic (exact) mass is 390 g/mol. The van der Waals surface area contributed by atoms with Gasteiger partial charge in [0.05, 0.1) is 29.8 Å². The lowest BCUT2D eigenvalue weighted by atomic mass is 9.76. The molecular formula is C19H16Cl2N2O3. The van der Waals surface area contributed by atoms with Crippen LogP contribution in [0.1, 0.15) is 29.5 Å². The van der Waals surface area contributed by atoms with E-state index in [1.807, 2.05) is 12.1 Å². The Kier molecular flexibility index (Phi) is 4.29. The molecule has 1 aliphatic carbocycles. The van der Waals surface area contributed by atoms with Crippen LogP contribution < -0.4 is 10.1 Å². The van der Waals surface area contributed by atoms with Crippen LogP contribution in [-0.2, 0) is 0 Å². The van der Waals surface area contributed by atoms with Gasteiger partial charge < -0.3 is 10.1 Å². The first-order chi connectivity index (χ1) is 12.5. The third-order valence-corrected chi connectivity index (χ3v) is 5.71. The average Bonchev–Trinajstić information content (AvgIpc) is 3.10. The summed E-state index contributed by atoms with van der Waals surface area (Å²) in [4.78, 5) is 10.9. The van der Waals surface area contributed by atoms with Crippen LogP contribution in [0.4, 0.5) is 11.4 Å². The molecule has 26 heavy (non-hydrogen) atoms. The van der Waals surface area contributed by atoms with E-state index in [1.54, 1.807) is 12.1 Å². The highest BCUT2D eigenvalue weighted by atomic mass is 35.5. The molecule has 0 saturated carbocycles. The average molecular weight is 391 g/mol. The van der Waals surface area contributed by atoms with Gasteiger partial charge in [0.1, 0.15) is 5.75 Å². The Morgan fingerprint density at radius 2 is 2.04 bits per heavy atom. The van der Waals surface area contributed by atoms with Gasteiger partial charge in [-0.15, -0.1) is 0 Å². The number of non-ortho nitro benzene ring substituents is 1. The van der Waals surface area contributed by atoms with Crippen LogP contribution in [0.5, 0.6) is 5.75 Å².